The first-order valence-corrected chi connectivity index (χ1v) is 8.23. The summed E-state index contributed by atoms with van der Waals surface area (Å²) in [6.45, 7) is 0. The van der Waals surface area contributed by atoms with Gasteiger partial charge in [0.05, 0.1) is 0 Å². The quantitative estimate of drug-likeness (QED) is 0.561. The Balaban J connectivity index is 1.61. The molecule has 4 rings (SSSR count). The highest BCUT2D eigenvalue weighted by molar-refractivity contribution is 7.17. The molecule has 0 radical (unpaired) electrons. The van der Waals surface area contributed by atoms with Crippen molar-refractivity contribution in [1.82, 2.24) is 24.8 Å². The van der Waals surface area contributed by atoms with Crippen LogP contribution >= 0.6 is 11.3 Å². The smallest absolute Gasteiger partial charge is 0.234 e. The summed E-state index contributed by atoms with van der Waals surface area (Å²) >= 11 is 1.38. The summed E-state index contributed by atoms with van der Waals surface area (Å²) in [5, 5.41) is 13.3. The fraction of sp³-hybridized carbons (Fsp3) is 0.0588. The van der Waals surface area contributed by atoms with E-state index < -0.39 is 11.6 Å². The molecule has 0 aliphatic carbocycles. The van der Waals surface area contributed by atoms with Crippen LogP contribution in [0.15, 0.2) is 42.7 Å². The molecule has 0 saturated carbocycles. The molecule has 5 nitrogen and oxygen atoms in total. The van der Waals surface area contributed by atoms with Gasteiger partial charge in [-0.1, -0.05) is 23.5 Å². The Morgan fingerprint density at radius 3 is 2.68 bits per heavy atom. The van der Waals surface area contributed by atoms with Crippen LogP contribution in [0.5, 0.6) is 0 Å². The molecule has 0 unspecified atom stereocenters. The molecule has 0 amide bonds. The Labute approximate surface area is 145 Å². The predicted molar refractivity (Wildman–Crippen MR) is 91.0 cm³/mol. The first kappa shape index (κ1) is 15.5. The van der Waals surface area contributed by atoms with Crippen molar-refractivity contribution in [1.29, 1.82) is 0 Å². The number of hydrogen-bond acceptors (Lipinski definition) is 5. The highest BCUT2D eigenvalue weighted by atomic mass is 32.1. The molecular formula is C17H11F2N5S. The second kappa shape index (κ2) is 6.48. The lowest BCUT2D eigenvalue weighted by molar-refractivity contribution is 0.580. The number of fused-ring (bicyclic) bond motifs is 1. The van der Waals surface area contributed by atoms with Gasteiger partial charge in [-0.15, -0.1) is 10.2 Å². The molecule has 3 heterocycles. The zero-order valence-corrected chi connectivity index (χ0v) is 13.6. The molecule has 0 aliphatic heterocycles. The minimum atomic E-state index is -0.617. The molecule has 8 heteroatoms. The number of rotatable bonds is 4. The molecular weight excluding hydrogens is 344 g/mol. The minimum absolute atomic E-state index is 0.241. The fourth-order valence-corrected chi connectivity index (χ4v) is 3.15. The highest BCUT2D eigenvalue weighted by Crippen LogP contribution is 2.19. The van der Waals surface area contributed by atoms with E-state index in [2.05, 4.69) is 20.3 Å². The van der Waals surface area contributed by atoms with Crippen molar-refractivity contribution < 1.29 is 8.78 Å². The molecule has 124 valence electrons. The van der Waals surface area contributed by atoms with Crippen molar-refractivity contribution in [3.05, 3.63) is 76.3 Å². The van der Waals surface area contributed by atoms with Gasteiger partial charge in [-0.25, -0.2) is 8.78 Å². The van der Waals surface area contributed by atoms with E-state index in [9.17, 15) is 8.78 Å². The van der Waals surface area contributed by atoms with Gasteiger partial charge in [0, 0.05) is 24.9 Å². The SMILES string of the molecule is Fc1cc(F)cc(Cc2nnc3sc(C=Cc4cccnc4)nn23)c1. The van der Waals surface area contributed by atoms with Crippen molar-refractivity contribution in [3.8, 4) is 0 Å². The monoisotopic (exact) mass is 355 g/mol. The first-order chi connectivity index (χ1) is 12.2. The summed E-state index contributed by atoms with van der Waals surface area (Å²) in [7, 11) is 0. The lowest BCUT2D eigenvalue weighted by atomic mass is 10.1. The summed E-state index contributed by atoms with van der Waals surface area (Å²) < 4.78 is 28.2. The molecule has 3 aromatic heterocycles. The number of hydrogen-bond donors (Lipinski definition) is 0. The van der Waals surface area contributed by atoms with Crippen LogP contribution in [0.2, 0.25) is 0 Å². The second-order valence-electron chi connectivity index (χ2n) is 5.33. The van der Waals surface area contributed by atoms with Crippen LogP contribution in [0.1, 0.15) is 22.0 Å². The lowest BCUT2D eigenvalue weighted by Gasteiger charge is -1.99. The van der Waals surface area contributed by atoms with Crippen molar-refractivity contribution in [3.63, 3.8) is 0 Å². The summed E-state index contributed by atoms with van der Waals surface area (Å²) in [4.78, 5) is 4.67. The van der Waals surface area contributed by atoms with E-state index in [0.717, 1.165) is 16.6 Å². The highest BCUT2D eigenvalue weighted by Gasteiger charge is 2.12. The van der Waals surface area contributed by atoms with Crippen molar-refractivity contribution in [2.45, 2.75) is 6.42 Å². The summed E-state index contributed by atoms with van der Waals surface area (Å²) in [6.07, 6.45) is 7.47. The standard InChI is InChI=1S/C17H11F2N5S/c18-13-6-12(7-14(19)9-13)8-15-21-22-17-24(15)23-16(25-17)4-3-11-2-1-5-20-10-11/h1-7,9-10H,8H2. The molecule has 25 heavy (non-hydrogen) atoms. The number of aromatic nitrogens is 5. The number of benzene rings is 1. The molecule has 0 N–H and O–H groups in total. The van der Waals surface area contributed by atoms with Crippen LogP contribution in [0.25, 0.3) is 17.1 Å². The third-order valence-electron chi connectivity index (χ3n) is 3.46. The van der Waals surface area contributed by atoms with Crippen molar-refractivity contribution in [2.24, 2.45) is 0 Å². The van der Waals surface area contributed by atoms with E-state index in [-0.39, 0.29) is 6.42 Å². The number of pyridine rings is 1. The second-order valence-corrected chi connectivity index (χ2v) is 6.31. The van der Waals surface area contributed by atoms with Gasteiger partial charge in [0.2, 0.25) is 4.96 Å². The summed E-state index contributed by atoms with van der Waals surface area (Å²) in [6, 6.07) is 7.19. The van der Waals surface area contributed by atoms with Gasteiger partial charge in [0.25, 0.3) is 0 Å². The molecule has 0 bridgehead atoms. The fourth-order valence-electron chi connectivity index (χ4n) is 2.39. The largest absolute Gasteiger partial charge is 0.264 e. The normalized spacial score (nSPS) is 11.6. The predicted octanol–water partition coefficient (Wildman–Crippen LogP) is 3.62. The Morgan fingerprint density at radius 2 is 1.92 bits per heavy atom. The van der Waals surface area contributed by atoms with E-state index in [1.807, 2.05) is 24.3 Å². The maximum atomic E-state index is 13.3. The maximum Gasteiger partial charge on any atom is 0.234 e. The average Bonchev–Trinajstić information content (AvgIpc) is 3.15. The van der Waals surface area contributed by atoms with Gasteiger partial charge < -0.3 is 0 Å². The van der Waals surface area contributed by atoms with Gasteiger partial charge in [0.1, 0.15) is 16.6 Å². The van der Waals surface area contributed by atoms with Crippen LogP contribution < -0.4 is 0 Å². The zero-order valence-electron chi connectivity index (χ0n) is 12.8. The third kappa shape index (κ3) is 3.43. The van der Waals surface area contributed by atoms with E-state index in [1.165, 1.54) is 23.5 Å². The molecule has 0 spiro atoms. The van der Waals surface area contributed by atoms with Gasteiger partial charge in [-0.05, 0) is 35.4 Å². The average molecular weight is 355 g/mol. The molecule has 0 fully saturated rings. The van der Waals surface area contributed by atoms with Gasteiger partial charge >= 0.3 is 0 Å². The molecule has 0 atom stereocenters. The van der Waals surface area contributed by atoms with Crippen molar-refractivity contribution >= 4 is 28.4 Å². The Bertz CT molecular complexity index is 1040. The van der Waals surface area contributed by atoms with Crippen LogP contribution in [0.4, 0.5) is 8.78 Å². The van der Waals surface area contributed by atoms with Gasteiger partial charge in [-0.2, -0.15) is 9.61 Å². The van der Waals surface area contributed by atoms with Crippen LogP contribution in [-0.4, -0.2) is 24.8 Å². The third-order valence-corrected chi connectivity index (χ3v) is 4.32. The van der Waals surface area contributed by atoms with E-state index in [4.69, 9.17) is 0 Å². The maximum absolute atomic E-state index is 13.3. The summed E-state index contributed by atoms with van der Waals surface area (Å²) in [5.74, 6) is -0.708. The van der Waals surface area contributed by atoms with Gasteiger partial charge in [0.15, 0.2) is 5.82 Å². The van der Waals surface area contributed by atoms with Crippen LogP contribution in [0, 0.1) is 11.6 Å². The molecule has 1 aromatic carbocycles. The topological polar surface area (TPSA) is 56.0 Å². The zero-order chi connectivity index (χ0) is 17.2. The van der Waals surface area contributed by atoms with Crippen LogP contribution in [0.3, 0.4) is 0 Å². The molecule has 0 saturated heterocycles. The lowest BCUT2D eigenvalue weighted by Crippen LogP contribution is -1.99. The Kier molecular flexibility index (Phi) is 4.02. The van der Waals surface area contributed by atoms with E-state index in [0.29, 0.717) is 16.3 Å². The molecule has 0 aliphatic rings. The minimum Gasteiger partial charge on any atom is -0.264 e. The Hall–Kier alpha value is -3.00. The van der Waals surface area contributed by atoms with Crippen LogP contribution in [-0.2, 0) is 6.42 Å². The number of nitrogens with zero attached hydrogens (tertiary/aromatic N) is 5. The molecule has 4 aromatic rings. The summed E-state index contributed by atoms with van der Waals surface area (Å²) in [5.41, 5.74) is 1.44. The number of halogens is 2. The van der Waals surface area contributed by atoms with Gasteiger partial charge in [-0.3, -0.25) is 4.98 Å². The first-order valence-electron chi connectivity index (χ1n) is 7.41. The Morgan fingerprint density at radius 1 is 1.08 bits per heavy atom. The van der Waals surface area contributed by atoms with Crippen molar-refractivity contribution in [2.75, 3.05) is 0 Å². The van der Waals surface area contributed by atoms with E-state index >= 15 is 0 Å². The van der Waals surface area contributed by atoms with E-state index in [1.54, 1.807) is 16.9 Å².